The first-order chi connectivity index (χ1) is 9.32. The van der Waals surface area contributed by atoms with Crippen LogP contribution in [-0.4, -0.2) is 13.1 Å². The van der Waals surface area contributed by atoms with Gasteiger partial charge in [0, 0.05) is 10.0 Å². The summed E-state index contributed by atoms with van der Waals surface area (Å²) in [4.78, 5) is 11.2. The van der Waals surface area contributed by atoms with Crippen LogP contribution in [0.15, 0.2) is 39.2 Å². The number of ether oxygens (including phenoxy) is 1. The van der Waals surface area contributed by atoms with Crippen LogP contribution in [0.25, 0.3) is 11.3 Å². The number of furan rings is 1. The Bertz CT molecular complexity index is 647. The Morgan fingerprint density at radius 1 is 1.25 bits per heavy atom. The molecule has 0 saturated heterocycles. The molecule has 0 saturated carbocycles. The largest absolute Gasteiger partial charge is 0.463 e. The Morgan fingerprint density at radius 2 is 1.95 bits per heavy atom. The van der Waals surface area contributed by atoms with Gasteiger partial charge in [0.1, 0.15) is 5.76 Å². The molecule has 0 N–H and O–H groups in total. The van der Waals surface area contributed by atoms with Gasteiger partial charge in [-0.2, -0.15) is 13.2 Å². The van der Waals surface area contributed by atoms with Crippen LogP contribution in [-0.2, 0) is 10.9 Å². The van der Waals surface area contributed by atoms with Crippen molar-refractivity contribution in [2.75, 3.05) is 7.11 Å². The van der Waals surface area contributed by atoms with E-state index in [0.717, 1.165) is 6.07 Å². The quantitative estimate of drug-likeness (QED) is 0.749. The van der Waals surface area contributed by atoms with Crippen LogP contribution in [0.5, 0.6) is 0 Å². The summed E-state index contributed by atoms with van der Waals surface area (Å²) < 4.78 is 48.0. The van der Waals surface area contributed by atoms with Gasteiger partial charge >= 0.3 is 12.1 Å². The van der Waals surface area contributed by atoms with Crippen LogP contribution >= 0.6 is 15.9 Å². The van der Waals surface area contributed by atoms with Crippen molar-refractivity contribution in [1.29, 1.82) is 0 Å². The van der Waals surface area contributed by atoms with Gasteiger partial charge in [-0.15, -0.1) is 0 Å². The number of alkyl halides is 3. The molecule has 0 aliphatic carbocycles. The summed E-state index contributed by atoms with van der Waals surface area (Å²) >= 11 is 2.85. The smallest absolute Gasteiger partial charge is 0.417 e. The topological polar surface area (TPSA) is 39.4 Å². The summed E-state index contributed by atoms with van der Waals surface area (Å²) in [6.07, 6.45) is -4.48. The molecule has 1 aromatic carbocycles. The molecule has 0 bridgehead atoms. The molecule has 0 atom stereocenters. The van der Waals surface area contributed by atoms with E-state index in [0.29, 0.717) is 0 Å². The molecule has 3 nitrogen and oxygen atoms in total. The van der Waals surface area contributed by atoms with E-state index in [9.17, 15) is 18.0 Å². The summed E-state index contributed by atoms with van der Waals surface area (Å²) in [5.74, 6) is -0.605. The zero-order valence-corrected chi connectivity index (χ0v) is 11.7. The average Bonchev–Trinajstić information content (AvgIpc) is 2.86. The molecule has 106 valence electrons. The van der Waals surface area contributed by atoms with E-state index < -0.39 is 17.7 Å². The Labute approximate surface area is 120 Å². The SMILES string of the molecule is COC(=O)c1ccc(-c2ccc(Br)c(C(F)(F)F)c2)o1. The fourth-order valence-corrected chi connectivity index (χ4v) is 2.07. The lowest BCUT2D eigenvalue weighted by Crippen LogP contribution is -2.06. The van der Waals surface area contributed by atoms with Crippen molar-refractivity contribution in [3.05, 3.63) is 46.1 Å². The average molecular weight is 349 g/mol. The minimum absolute atomic E-state index is 0.0616. The zero-order chi connectivity index (χ0) is 14.9. The first-order valence-corrected chi connectivity index (χ1v) is 6.17. The number of halogens is 4. The summed E-state index contributed by atoms with van der Waals surface area (Å²) in [6, 6.07) is 6.44. The van der Waals surface area contributed by atoms with Gasteiger partial charge in [-0.3, -0.25) is 0 Å². The van der Waals surface area contributed by atoms with Gasteiger partial charge in [-0.1, -0.05) is 22.0 Å². The molecule has 1 aromatic heterocycles. The van der Waals surface area contributed by atoms with Gasteiger partial charge in [-0.05, 0) is 24.3 Å². The number of rotatable bonds is 2. The van der Waals surface area contributed by atoms with Gasteiger partial charge in [0.2, 0.25) is 5.76 Å². The summed E-state index contributed by atoms with van der Waals surface area (Å²) in [5.41, 5.74) is -0.596. The second-order valence-electron chi connectivity index (χ2n) is 3.85. The minimum Gasteiger partial charge on any atom is -0.463 e. The summed E-state index contributed by atoms with van der Waals surface area (Å²) in [5, 5.41) is 0. The van der Waals surface area contributed by atoms with E-state index in [-0.39, 0.29) is 21.6 Å². The predicted octanol–water partition coefficient (Wildman–Crippen LogP) is 4.51. The lowest BCUT2D eigenvalue weighted by Gasteiger charge is -2.10. The Morgan fingerprint density at radius 3 is 2.55 bits per heavy atom. The molecule has 2 rings (SSSR count). The van der Waals surface area contributed by atoms with E-state index in [2.05, 4.69) is 20.7 Å². The summed E-state index contributed by atoms with van der Waals surface area (Å²) in [6.45, 7) is 0. The number of carbonyl (C=O) groups is 1. The molecule has 0 amide bonds. The highest BCUT2D eigenvalue weighted by atomic mass is 79.9. The maximum absolute atomic E-state index is 12.8. The van der Waals surface area contributed by atoms with Gasteiger partial charge in [-0.25, -0.2) is 4.79 Å². The standard InChI is InChI=1S/C13H8BrF3O3/c1-19-12(18)11-5-4-10(20-11)7-2-3-9(14)8(6-7)13(15,16)17/h2-6H,1H3. The molecule has 7 heteroatoms. The van der Waals surface area contributed by atoms with Crippen molar-refractivity contribution < 1.29 is 27.1 Å². The van der Waals surface area contributed by atoms with E-state index in [4.69, 9.17) is 4.42 Å². The van der Waals surface area contributed by atoms with Crippen molar-refractivity contribution in [3.63, 3.8) is 0 Å². The van der Waals surface area contributed by atoms with Crippen molar-refractivity contribution in [2.45, 2.75) is 6.18 Å². The van der Waals surface area contributed by atoms with Crippen LogP contribution in [0.3, 0.4) is 0 Å². The molecular weight excluding hydrogens is 341 g/mol. The number of esters is 1. The Kier molecular flexibility index (Phi) is 3.89. The molecule has 0 aliphatic rings. The predicted molar refractivity (Wildman–Crippen MR) is 68.2 cm³/mol. The number of methoxy groups -OCH3 is 1. The highest BCUT2D eigenvalue weighted by Crippen LogP contribution is 2.37. The van der Waals surface area contributed by atoms with Gasteiger partial charge < -0.3 is 9.15 Å². The molecular formula is C13H8BrF3O3. The van der Waals surface area contributed by atoms with Crippen LogP contribution in [0, 0.1) is 0 Å². The molecule has 20 heavy (non-hydrogen) atoms. The third kappa shape index (κ3) is 2.87. The molecule has 0 fully saturated rings. The van der Waals surface area contributed by atoms with Crippen LogP contribution < -0.4 is 0 Å². The zero-order valence-electron chi connectivity index (χ0n) is 10.1. The Balaban J connectivity index is 2.44. The van der Waals surface area contributed by atoms with Crippen LogP contribution in [0.4, 0.5) is 13.2 Å². The lowest BCUT2D eigenvalue weighted by atomic mass is 10.1. The monoisotopic (exact) mass is 348 g/mol. The van der Waals surface area contributed by atoms with Gasteiger partial charge in [0.05, 0.1) is 12.7 Å². The van der Waals surface area contributed by atoms with Gasteiger partial charge in [0.15, 0.2) is 0 Å². The molecule has 0 spiro atoms. The first-order valence-electron chi connectivity index (χ1n) is 5.38. The van der Waals surface area contributed by atoms with Gasteiger partial charge in [0.25, 0.3) is 0 Å². The second kappa shape index (κ2) is 5.32. The lowest BCUT2D eigenvalue weighted by molar-refractivity contribution is -0.138. The van der Waals surface area contributed by atoms with Crippen molar-refractivity contribution in [2.24, 2.45) is 0 Å². The van der Waals surface area contributed by atoms with Crippen molar-refractivity contribution >= 4 is 21.9 Å². The number of hydrogen-bond acceptors (Lipinski definition) is 3. The fraction of sp³-hybridized carbons (Fsp3) is 0.154. The molecule has 2 aromatic rings. The normalized spacial score (nSPS) is 11.4. The Hall–Kier alpha value is -1.76. The molecule has 1 heterocycles. The summed E-state index contributed by atoms with van der Waals surface area (Å²) in [7, 11) is 1.19. The number of hydrogen-bond donors (Lipinski definition) is 0. The van der Waals surface area contributed by atoms with Crippen LogP contribution in [0.1, 0.15) is 16.1 Å². The van der Waals surface area contributed by atoms with Crippen molar-refractivity contribution in [1.82, 2.24) is 0 Å². The highest BCUT2D eigenvalue weighted by molar-refractivity contribution is 9.10. The third-order valence-corrected chi connectivity index (χ3v) is 3.24. The first kappa shape index (κ1) is 14.6. The number of benzene rings is 1. The van der Waals surface area contributed by atoms with E-state index in [1.807, 2.05) is 0 Å². The van der Waals surface area contributed by atoms with Crippen molar-refractivity contribution in [3.8, 4) is 11.3 Å². The number of carbonyl (C=O) groups excluding carboxylic acids is 1. The molecule has 0 unspecified atom stereocenters. The third-order valence-electron chi connectivity index (χ3n) is 2.55. The van der Waals surface area contributed by atoms with Crippen LogP contribution in [0.2, 0.25) is 0 Å². The minimum atomic E-state index is -4.48. The highest BCUT2D eigenvalue weighted by Gasteiger charge is 2.33. The molecule has 0 aliphatic heterocycles. The fourth-order valence-electron chi connectivity index (χ4n) is 1.60. The maximum Gasteiger partial charge on any atom is 0.417 e. The maximum atomic E-state index is 12.8. The van der Waals surface area contributed by atoms with E-state index in [1.54, 1.807) is 0 Å². The molecule has 0 radical (unpaired) electrons. The van der Waals surface area contributed by atoms with E-state index >= 15 is 0 Å². The second-order valence-corrected chi connectivity index (χ2v) is 4.70. The van der Waals surface area contributed by atoms with E-state index in [1.165, 1.54) is 31.4 Å².